The van der Waals surface area contributed by atoms with Crippen LogP contribution in [0.3, 0.4) is 0 Å². The van der Waals surface area contributed by atoms with Crippen LogP contribution in [0.25, 0.3) is 11.0 Å². The Morgan fingerprint density at radius 1 is 1.29 bits per heavy atom. The molecule has 4 nitrogen and oxygen atoms in total. The van der Waals surface area contributed by atoms with E-state index in [0.29, 0.717) is 10.3 Å². The minimum atomic E-state index is -0.555. The molecular formula is C15H11BrFN3O. The van der Waals surface area contributed by atoms with Crippen LogP contribution in [0.5, 0.6) is 0 Å². The van der Waals surface area contributed by atoms with Crippen molar-refractivity contribution in [2.45, 2.75) is 6.54 Å². The number of H-pyrrole nitrogens is 1. The summed E-state index contributed by atoms with van der Waals surface area (Å²) in [7, 11) is 0. The number of amides is 1. The number of hydrogen-bond donors (Lipinski definition) is 2. The minimum Gasteiger partial charge on any atom is -0.345 e. The molecule has 0 aliphatic rings. The standard InChI is InChI=1S/C15H11BrFN3O/c16-9-5-6-11(17)10(7-9)15(21)18-8-14-19-12-3-1-2-4-13(12)20-14/h1-7H,8H2,(H,18,21)(H,19,20). The highest BCUT2D eigenvalue weighted by atomic mass is 79.9. The Kier molecular flexibility index (Phi) is 3.70. The number of fused-ring (bicyclic) bond motifs is 1. The third kappa shape index (κ3) is 2.95. The molecule has 0 atom stereocenters. The van der Waals surface area contributed by atoms with E-state index in [4.69, 9.17) is 0 Å². The molecule has 0 unspecified atom stereocenters. The van der Waals surface area contributed by atoms with Gasteiger partial charge < -0.3 is 10.3 Å². The van der Waals surface area contributed by atoms with E-state index in [1.165, 1.54) is 12.1 Å². The predicted octanol–water partition coefficient (Wildman–Crippen LogP) is 3.39. The molecule has 106 valence electrons. The van der Waals surface area contributed by atoms with Crippen LogP contribution >= 0.6 is 15.9 Å². The van der Waals surface area contributed by atoms with Crippen LogP contribution in [0.1, 0.15) is 16.2 Å². The summed E-state index contributed by atoms with van der Waals surface area (Å²) < 4.78 is 14.3. The molecule has 0 radical (unpaired) electrons. The third-order valence-corrected chi connectivity index (χ3v) is 3.52. The molecule has 1 amide bonds. The summed E-state index contributed by atoms with van der Waals surface area (Å²) in [4.78, 5) is 19.4. The number of benzene rings is 2. The monoisotopic (exact) mass is 347 g/mol. The van der Waals surface area contributed by atoms with Crippen LogP contribution in [-0.2, 0) is 6.54 Å². The first kappa shape index (κ1) is 13.8. The minimum absolute atomic E-state index is 0.000450. The maximum absolute atomic E-state index is 13.6. The molecule has 0 fully saturated rings. The van der Waals surface area contributed by atoms with Gasteiger partial charge >= 0.3 is 0 Å². The van der Waals surface area contributed by atoms with Gasteiger partial charge in [0.2, 0.25) is 0 Å². The summed E-state index contributed by atoms with van der Waals surface area (Å²) in [6.45, 7) is 0.208. The number of nitrogens with zero attached hydrogens (tertiary/aromatic N) is 1. The molecule has 2 aromatic carbocycles. The average Bonchev–Trinajstić information content (AvgIpc) is 2.90. The van der Waals surface area contributed by atoms with Gasteiger partial charge in [0.1, 0.15) is 11.6 Å². The van der Waals surface area contributed by atoms with E-state index in [0.717, 1.165) is 11.0 Å². The average molecular weight is 348 g/mol. The van der Waals surface area contributed by atoms with Gasteiger partial charge in [-0.3, -0.25) is 4.79 Å². The van der Waals surface area contributed by atoms with Crippen molar-refractivity contribution in [2.24, 2.45) is 0 Å². The summed E-state index contributed by atoms with van der Waals surface area (Å²) >= 11 is 3.22. The lowest BCUT2D eigenvalue weighted by Crippen LogP contribution is -2.24. The van der Waals surface area contributed by atoms with Crippen molar-refractivity contribution < 1.29 is 9.18 Å². The Hall–Kier alpha value is -2.21. The second kappa shape index (κ2) is 5.65. The van der Waals surface area contributed by atoms with Crippen molar-refractivity contribution in [2.75, 3.05) is 0 Å². The normalized spacial score (nSPS) is 10.8. The quantitative estimate of drug-likeness (QED) is 0.762. The molecule has 0 saturated carbocycles. The fourth-order valence-corrected chi connectivity index (χ4v) is 2.38. The molecule has 6 heteroatoms. The smallest absolute Gasteiger partial charge is 0.254 e. The lowest BCUT2D eigenvalue weighted by Gasteiger charge is -2.05. The lowest BCUT2D eigenvalue weighted by atomic mass is 10.2. The van der Waals surface area contributed by atoms with E-state index in [1.54, 1.807) is 6.07 Å². The summed E-state index contributed by atoms with van der Waals surface area (Å²) in [6.07, 6.45) is 0. The molecule has 0 bridgehead atoms. The Balaban J connectivity index is 1.74. The number of imidazole rings is 1. The number of halogens is 2. The van der Waals surface area contributed by atoms with E-state index >= 15 is 0 Å². The van der Waals surface area contributed by atoms with Gasteiger partial charge in [0.25, 0.3) is 5.91 Å². The first-order valence-electron chi connectivity index (χ1n) is 6.30. The van der Waals surface area contributed by atoms with Crippen LogP contribution in [-0.4, -0.2) is 15.9 Å². The maximum atomic E-state index is 13.6. The molecule has 0 aliphatic carbocycles. The van der Waals surface area contributed by atoms with Crippen molar-refractivity contribution in [3.05, 3.63) is 64.1 Å². The Morgan fingerprint density at radius 2 is 2.10 bits per heavy atom. The van der Waals surface area contributed by atoms with E-state index < -0.39 is 11.7 Å². The van der Waals surface area contributed by atoms with Crippen LogP contribution in [0.4, 0.5) is 4.39 Å². The van der Waals surface area contributed by atoms with Gasteiger partial charge in [0.05, 0.1) is 23.1 Å². The van der Waals surface area contributed by atoms with Gasteiger partial charge in [-0.15, -0.1) is 0 Å². The number of rotatable bonds is 3. The highest BCUT2D eigenvalue weighted by Gasteiger charge is 2.12. The highest BCUT2D eigenvalue weighted by molar-refractivity contribution is 9.10. The van der Waals surface area contributed by atoms with Gasteiger partial charge in [-0.2, -0.15) is 0 Å². The van der Waals surface area contributed by atoms with Crippen LogP contribution < -0.4 is 5.32 Å². The van der Waals surface area contributed by atoms with E-state index in [9.17, 15) is 9.18 Å². The van der Waals surface area contributed by atoms with E-state index in [1.807, 2.05) is 24.3 Å². The Labute approximate surface area is 128 Å². The van der Waals surface area contributed by atoms with Gasteiger partial charge in [0.15, 0.2) is 0 Å². The fourth-order valence-electron chi connectivity index (χ4n) is 2.02. The number of carbonyl (C=O) groups is 1. The zero-order valence-electron chi connectivity index (χ0n) is 10.9. The number of para-hydroxylation sites is 2. The van der Waals surface area contributed by atoms with Crippen LogP contribution in [0.2, 0.25) is 0 Å². The highest BCUT2D eigenvalue weighted by Crippen LogP contribution is 2.16. The largest absolute Gasteiger partial charge is 0.345 e. The van der Waals surface area contributed by atoms with Gasteiger partial charge in [-0.05, 0) is 30.3 Å². The van der Waals surface area contributed by atoms with Crippen LogP contribution in [0, 0.1) is 5.82 Å². The van der Waals surface area contributed by atoms with Crippen molar-refractivity contribution >= 4 is 32.9 Å². The van der Waals surface area contributed by atoms with Gasteiger partial charge in [-0.1, -0.05) is 28.1 Å². The number of aromatic nitrogens is 2. The van der Waals surface area contributed by atoms with Gasteiger partial charge in [0, 0.05) is 4.47 Å². The van der Waals surface area contributed by atoms with Crippen molar-refractivity contribution in [3.8, 4) is 0 Å². The Morgan fingerprint density at radius 3 is 2.90 bits per heavy atom. The summed E-state index contributed by atoms with van der Waals surface area (Å²) in [6, 6.07) is 11.8. The molecule has 1 aromatic heterocycles. The lowest BCUT2D eigenvalue weighted by molar-refractivity contribution is 0.0946. The number of aromatic amines is 1. The first-order valence-corrected chi connectivity index (χ1v) is 7.09. The van der Waals surface area contributed by atoms with E-state index in [2.05, 4.69) is 31.2 Å². The number of hydrogen-bond acceptors (Lipinski definition) is 2. The molecule has 21 heavy (non-hydrogen) atoms. The maximum Gasteiger partial charge on any atom is 0.254 e. The summed E-state index contributed by atoms with van der Waals surface area (Å²) in [5, 5.41) is 2.65. The Bertz CT molecular complexity index is 783. The van der Waals surface area contributed by atoms with Crippen LogP contribution in [0.15, 0.2) is 46.9 Å². The molecular weight excluding hydrogens is 337 g/mol. The van der Waals surface area contributed by atoms with Crippen molar-refractivity contribution in [1.29, 1.82) is 0 Å². The van der Waals surface area contributed by atoms with Crippen molar-refractivity contribution in [1.82, 2.24) is 15.3 Å². The summed E-state index contributed by atoms with van der Waals surface area (Å²) in [5.41, 5.74) is 1.73. The predicted molar refractivity (Wildman–Crippen MR) is 81.4 cm³/mol. The molecule has 2 N–H and O–H groups in total. The molecule has 3 rings (SSSR count). The number of nitrogens with one attached hydrogen (secondary N) is 2. The SMILES string of the molecule is O=C(NCc1nc2ccccc2[nH]1)c1cc(Br)ccc1F. The second-order valence-corrected chi connectivity index (χ2v) is 5.42. The molecule has 0 aliphatic heterocycles. The fraction of sp³-hybridized carbons (Fsp3) is 0.0667. The van der Waals surface area contributed by atoms with Gasteiger partial charge in [-0.25, -0.2) is 9.37 Å². The molecule has 0 spiro atoms. The topological polar surface area (TPSA) is 57.8 Å². The first-order chi connectivity index (χ1) is 10.1. The molecule has 1 heterocycles. The zero-order valence-corrected chi connectivity index (χ0v) is 12.4. The molecule has 3 aromatic rings. The van der Waals surface area contributed by atoms with Crippen molar-refractivity contribution in [3.63, 3.8) is 0 Å². The summed E-state index contributed by atoms with van der Waals surface area (Å²) in [5.74, 6) is -0.408. The zero-order chi connectivity index (χ0) is 14.8. The van der Waals surface area contributed by atoms with E-state index in [-0.39, 0.29) is 12.1 Å². The second-order valence-electron chi connectivity index (χ2n) is 4.51. The number of carbonyl (C=O) groups excluding carboxylic acids is 1. The molecule has 0 saturated heterocycles. The third-order valence-electron chi connectivity index (χ3n) is 3.03.